The van der Waals surface area contributed by atoms with E-state index in [4.69, 9.17) is 0 Å². The van der Waals surface area contributed by atoms with Crippen LogP contribution in [0.1, 0.15) is 34.1 Å². The summed E-state index contributed by atoms with van der Waals surface area (Å²) in [6, 6.07) is -0.912. The zero-order valence-corrected chi connectivity index (χ0v) is 10.0. The van der Waals surface area contributed by atoms with Gasteiger partial charge in [0.15, 0.2) is 0 Å². The lowest BCUT2D eigenvalue weighted by molar-refractivity contribution is -0.142. The summed E-state index contributed by atoms with van der Waals surface area (Å²) in [7, 11) is 0. The Morgan fingerprint density at radius 1 is 1.31 bits per heavy atom. The van der Waals surface area contributed by atoms with Crippen molar-refractivity contribution in [3.05, 3.63) is 0 Å². The van der Waals surface area contributed by atoms with Gasteiger partial charge in [-0.05, 0) is 27.3 Å². The van der Waals surface area contributed by atoms with E-state index in [0.717, 1.165) is 0 Å². The quantitative estimate of drug-likeness (QED) is 0.769. The van der Waals surface area contributed by atoms with E-state index in [1.165, 1.54) is 6.92 Å². The van der Waals surface area contributed by atoms with Crippen LogP contribution in [0.4, 0.5) is 13.2 Å². The summed E-state index contributed by atoms with van der Waals surface area (Å²) in [5.41, 5.74) is -0.853. The van der Waals surface area contributed by atoms with Crippen LogP contribution in [0, 0.1) is 0 Å². The van der Waals surface area contributed by atoms with E-state index >= 15 is 0 Å². The van der Waals surface area contributed by atoms with Gasteiger partial charge < -0.3 is 10.6 Å². The van der Waals surface area contributed by atoms with Crippen LogP contribution in [0.2, 0.25) is 0 Å². The van der Waals surface area contributed by atoms with Crippen molar-refractivity contribution in [2.75, 3.05) is 6.54 Å². The summed E-state index contributed by atoms with van der Waals surface area (Å²) in [5, 5.41) is 5.24. The molecule has 16 heavy (non-hydrogen) atoms. The normalized spacial score (nSPS) is 14.7. The van der Waals surface area contributed by atoms with E-state index in [1.807, 2.05) is 6.92 Å². The van der Waals surface area contributed by atoms with Crippen LogP contribution in [0.15, 0.2) is 0 Å². The van der Waals surface area contributed by atoms with E-state index in [9.17, 15) is 18.0 Å². The summed E-state index contributed by atoms with van der Waals surface area (Å²) in [5.74, 6) is -0.425. The molecule has 0 fully saturated rings. The van der Waals surface area contributed by atoms with Gasteiger partial charge in [0, 0.05) is 6.04 Å². The first-order chi connectivity index (χ1) is 7.08. The summed E-state index contributed by atoms with van der Waals surface area (Å²) >= 11 is 0. The number of likely N-dealkylation sites (N-methyl/N-ethyl adjacent to an activating group) is 1. The van der Waals surface area contributed by atoms with E-state index in [1.54, 1.807) is 13.8 Å². The minimum Gasteiger partial charge on any atom is -0.352 e. The fraction of sp³-hybridized carbons (Fsp3) is 0.900. The number of nitrogens with one attached hydrogen (secondary N) is 2. The Morgan fingerprint density at radius 3 is 2.19 bits per heavy atom. The Kier molecular flexibility index (Phi) is 5.25. The third-order valence-electron chi connectivity index (χ3n) is 2.10. The summed E-state index contributed by atoms with van der Waals surface area (Å²) in [6.45, 7) is 7.01. The van der Waals surface area contributed by atoms with Gasteiger partial charge in [-0.25, -0.2) is 0 Å². The van der Waals surface area contributed by atoms with Crippen molar-refractivity contribution in [3.63, 3.8) is 0 Å². The highest BCUT2D eigenvalue weighted by Gasteiger charge is 2.33. The summed E-state index contributed by atoms with van der Waals surface area (Å²) in [4.78, 5) is 11.6. The highest BCUT2D eigenvalue weighted by molar-refractivity contribution is 5.85. The number of alkyl halides is 3. The summed E-state index contributed by atoms with van der Waals surface area (Å²) in [6.07, 6.45) is -5.27. The lowest BCUT2D eigenvalue weighted by atomic mass is 10.0. The van der Waals surface area contributed by atoms with Crippen LogP contribution in [0.5, 0.6) is 0 Å². The molecule has 0 saturated carbocycles. The lowest BCUT2D eigenvalue weighted by Crippen LogP contribution is -2.54. The van der Waals surface area contributed by atoms with Crippen molar-refractivity contribution in [2.45, 2.75) is 51.9 Å². The molecule has 1 amide bonds. The second-order valence-corrected chi connectivity index (χ2v) is 4.35. The molecule has 0 radical (unpaired) electrons. The summed E-state index contributed by atoms with van der Waals surface area (Å²) < 4.78 is 36.1. The molecule has 0 heterocycles. The van der Waals surface area contributed by atoms with Crippen LogP contribution < -0.4 is 10.6 Å². The van der Waals surface area contributed by atoms with E-state index in [0.29, 0.717) is 6.54 Å². The monoisotopic (exact) mass is 240 g/mol. The third kappa shape index (κ3) is 5.95. The van der Waals surface area contributed by atoms with Gasteiger partial charge in [0.2, 0.25) is 5.91 Å². The molecule has 2 N–H and O–H groups in total. The van der Waals surface area contributed by atoms with Gasteiger partial charge in [-0.2, -0.15) is 13.2 Å². The molecule has 0 aliphatic rings. The maximum Gasteiger partial charge on any atom is 0.391 e. The highest BCUT2D eigenvalue weighted by Crippen LogP contribution is 2.21. The van der Waals surface area contributed by atoms with E-state index < -0.39 is 30.1 Å². The van der Waals surface area contributed by atoms with Crippen LogP contribution in [-0.2, 0) is 4.79 Å². The maximum atomic E-state index is 12.0. The van der Waals surface area contributed by atoms with E-state index in [2.05, 4.69) is 10.6 Å². The topological polar surface area (TPSA) is 41.1 Å². The standard InChI is InChI=1S/C10H19F3N2O/c1-5-14-9(3,4)8(16)15-7(2)6-10(11,12)13/h7,14H,5-6H2,1-4H3,(H,15,16). The fourth-order valence-corrected chi connectivity index (χ4v) is 1.32. The minimum atomic E-state index is -4.25. The maximum absolute atomic E-state index is 12.0. The Bertz CT molecular complexity index is 239. The van der Waals surface area contributed by atoms with Crippen molar-refractivity contribution in [3.8, 4) is 0 Å². The lowest BCUT2D eigenvalue weighted by Gasteiger charge is -2.27. The molecule has 0 saturated heterocycles. The van der Waals surface area contributed by atoms with Gasteiger partial charge in [-0.3, -0.25) is 4.79 Å². The molecule has 0 aromatic carbocycles. The van der Waals surface area contributed by atoms with Crippen molar-refractivity contribution >= 4 is 5.91 Å². The average Bonchev–Trinajstić information content (AvgIpc) is 1.99. The molecule has 0 aliphatic carbocycles. The smallest absolute Gasteiger partial charge is 0.352 e. The highest BCUT2D eigenvalue weighted by atomic mass is 19.4. The average molecular weight is 240 g/mol. The minimum absolute atomic E-state index is 0.425. The van der Waals surface area contributed by atoms with Gasteiger partial charge in [0.25, 0.3) is 0 Å². The molecule has 1 atom stereocenters. The number of rotatable bonds is 5. The van der Waals surface area contributed by atoms with Crippen molar-refractivity contribution in [1.29, 1.82) is 0 Å². The van der Waals surface area contributed by atoms with Crippen LogP contribution in [-0.4, -0.2) is 30.2 Å². The molecule has 0 spiro atoms. The molecular formula is C10H19F3N2O. The van der Waals surface area contributed by atoms with Gasteiger partial charge in [0.05, 0.1) is 12.0 Å². The molecule has 0 rings (SSSR count). The Balaban J connectivity index is 4.24. The molecule has 1 unspecified atom stereocenters. The zero-order chi connectivity index (χ0) is 13.0. The number of amides is 1. The van der Waals surface area contributed by atoms with Crippen LogP contribution in [0.3, 0.4) is 0 Å². The first kappa shape index (κ1) is 15.2. The van der Waals surface area contributed by atoms with Gasteiger partial charge >= 0.3 is 6.18 Å². The first-order valence-electron chi connectivity index (χ1n) is 5.21. The number of hydrogen-bond donors (Lipinski definition) is 2. The molecule has 6 heteroatoms. The molecule has 0 bridgehead atoms. The van der Waals surface area contributed by atoms with Crippen molar-refractivity contribution in [2.24, 2.45) is 0 Å². The van der Waals surface area contributed by atoms with Crippen LogP contribution in [0.25, 0.3) is 0 Å². The molecule has 96 valence electrons. The van der Waals surface area contributed by atoms with Crippen LogP contribution >= 0.6 is 0 Å². The molecule has 0 aromatic heterocycles. The predicted octanol–water partition coefficient (Wildman–Crippen LogP) is 1.83. The number of carbonyl (C=O) groups is 1. The largest absolute Gasteiger partial charge is 0.391 e. The van der Waals surface area contributed by atoms with Gasteiger partial charge in [0.1, 0.15) is 0 Å². The molecule has 0 aromatic rings. The molecule has 0 aliphatic heterocycles. The van der Waals surface area contributed by atoms with Crippen molar-refractivity contribution < 1.29 is 18.0 Å². The Morgan fingerprint density at radius 2 is 1.81 bits per heavy atom. The SMILES string of the molecule is CCNC(C)(C)C(=O)NC(C)CC(F)(F)F. The van der Waals surface area contributed by atoms with E-state index in [-0.39, 0.29) is 0 Å². The molecule has 3 nitrogen and oxygen atoms in total. The Labute approximate surface area is 93.8 Å². The van der Waals surface area contributed by atoms with Gasteiger partial charge in [-0.15, -0.1) is 0 Å². The molecular weight excluding hydrogens is 221 g/mol. The number of carbonyl (C=O) groups excluding carboxylic acids is 1. The van der Waals surface area contributed by atoms with Crippen molar-refractivity contribution in [1.82, 2.24) is 10.6 Å². The second kappa shape index (κ2) is 5.52. The predicted molar refractivity (Wildman–Crippen MR) is 56.0 cm³/mol. The number of halogens is 3. The third-order valence-corrected chi connectivity index (χ3v) is 2.10. The van der Waals surface area contributed by atoms with Gasteiger partial charge in [-0.1, -0.05) is 6.92 Å². The second-order valence-electron chi connectivity index (χ2n) is 4.35. The zero-order valence-electron chi connectivity index (χ0n) is 10.0. The Hall–Kier alpha value is -0.780. The first-order valence-corrected chi connectivity index (χ1v) is 5.21. The fourth-order valence-electron chi connectivity index (χ4n) is 1.32. The number of hydrogen-bond acceptors (Lipinski definition) is 2.